The molecule has 1 N–H and O–H groups in total. The van der Waals surface area contributed by atoms with Crippen molar-refractivity contribution in [2.24, 2.45) is 7.05 Å². The first-order valence-electron chi connectivity index (χ1n) is 4.42. The van der Waals surface area contributed by atoms with E-state index in [0.717, 1.165) is 5.76 Å². The van der Waals surface area contributed by atoms with Crippen molar-refractivity contribution >= 4 is 5.97 Å². The summed E-state index contributed by atoms with van der Waals surface area (Å²) in [6.45, 7) is 1.82. The highest BCUT2D eigenvalue weighted by Gasteiger charge is 2.14. The van der Waals surface area contributed by atoms with E-state index in [2.05, 4.69) is 5.10 Å². The lowest BCUT2D eigenvalue weighted by Crippen LogP contribution is -2.04. The number of hydrogen-bond acceptors (Lipinski definition) is 3. The number of furan rings is 1. The van der Waals surface area contributed by atoms with Gasteiger partial charge in [-0.05, 0) is 19.1 Å². The summed E-state index contributed by atoms with van der Waals surface area (Å²) < 4.78 is 6.66. The Kier molecular flexibility index (Phi) is 2.07. The van der Waals surface area contributed by atoms with Crippen molar-refractivity contribution in [1.82, 2.24) is 9.78 Å². The van der Waals surface area contributed by atoms with Gasteiger partial charge in [-0.1, -0.05) is 0 Å². The van der Waals surface area contributed by atoms with Crippen LogP contribution in [-0.2, 0) is 7.05 Å². The zero-order chi connectivity index (χ0) is 11.0. The quantitative estimate of drug-likeness (QED) is 0.811. The van der Waals surface area contributed by atoms with Crippen molar-refractivity contribution in [2.75, 3.05) is 0 Å². The van der Waals surface area contributed by atoms with Crippen LogP contribution >= 0.6 is 0 Å². The van der Waals surface area contributed by atoms with Gasteiger partial charge in [0.25, 0.3) is 0 Å². The molecule has 0 bridgehead atoms. The maximum Gasteiger partial charge on any atom is 0.354 e. The van der Waals surface area contributed by atoms with Gasteiger partial charge in [-0.25, -0.2) is 4.79 Å². The normalized spacial score (nSPS) is 10.5. The summed E-state index contributed by atoms with van der Waals surface area (Å²) in [4.78, 5) is 10.8. The molecule has 0 aromatic carbocycles. The van der Waals surface area contributed by atoms with Gasteiger partial charge in [-0.15, -0.1) is 0 Å². The fourth-order valence-corrected chi connectivity index (χ4v) is 1.36. The Bertz CT molecular complexity index is 510. The molecule has 78 valence electrons. The van der Waals surface area contributed by atoms with Gasteiger partial charge in [0.05, 0.1) is 0 Å². The molecule has 0 amide bonds. The number of aromatic carboxylic acids is 1. The Labute approximate surface area is 85.9 Å². The van der Waals surface area contributed by atoms with Crippen molar-refractivity contribution in [2.45, 2.75) is 6.92 Å². The summed E-state index contributed by atoms with van der Waals surface area (Å²) in [5.74, 6) is 0.350. The number of rotatable bonds is 2. The van der Waals surface area contributed by atoms with Crippen molar-refractivity contribution in [3.8, 4) is 11.5 Å². The predicted molar refractivity (Wildman–Crippen MR) is 52.6 cm³/mol. The third-order valence-corrected chi connectivity index (χ3v) is 2.09. The zero-order valence-corrected chi connectivity index (χ0v) is 8.39. The van der Waals surface area contributed by atoms with Crippen LogP contribution in [0.5, 0.6) is 0 Å². The number of hydrogen-bond donors (Lipinski definition) is 1. The molecule has 2 rings (SSSR count). The summed E-state index contributed by atoms with van der Waals surface area (Å²) >= 11 is 0. The van der Waals surface area contributed by atoms with E-state index in [-0.39, 0.29) is 5.69 Å². The van der Waals surface area contributed by atoms with E-state index in [1.807, 2.05) is 13.0 Å². The van der Waals surface area contributed by atoms with Gasteiger partial charge < -0.3 is 9.52 Å². The molecule has 5 heteroatoms. The van der Waals surface area contributed by atoms with Gasteiger partial charge in [0.15, 0.2) is 5.76 Å². The van der Waals surface area contributed by atoms with E-state index >= 15 is 0 Å². The Morgan fingerprint density at radius 1 is 1.53 bits per heavy atom. The molecule has 15 heavy (non-hydrogen) atoms. The monoisotopic (exact) mass is 206 g/mol. The second-order valence-corrected chi connectivity index (χ2v) is 3.25. The second kappa shape index (κ2) is 3.27. The summed E-state index contributed by atoms with van der Waals surface area (Å²) in [5.41, 5.74) is 0.669. The van der Waals surface area contributed by atoms with Gasteiger partial charge in [-0.2, -0.15) is 5.10 Å². The molecule has 0 aliphatic carbocycles. The minimum Gasteiger partial charge on any atom is -0.477 e. The molecular weight excluding hydrogens is 196 g/mol. The maximum atomic E-state index is 10.8. The van der Waals surface area contributed by atoms with Crippen molar-refractivity contribution in [3.63, 3.8) is 0 Å². The lowest BCUT2D eigenvalue weighted by Gasteiger charge is -1.91. The van der Waals surface area contributed by atoms with E-state index in [0.29, 0.717) is 11.5 Å². The van der Waals surface area contributed by atoms with Gasteiger partial charge in [0.2, 0.25) is 0 Å². The van der Waals surface area contributed by atoms with Gasteiger partial charge >= 0.3 is 5.97 Å². The SMILES string of the molecule is Cc1ccc(-c2cc(C(=O)O)n(C)n2)o1. The van der Waals surface area contributed by atoms with Crippen LogP contribution in [0.25, 0.3) is 11.5 Å². The molecule has 2 aromatic rings. The molecule has 0 fully saturated rings. The molecule has 0 saturated carbocycles. The molecular formula is C10H10N2O3. The summed E-state index contributed by atoms with van der Waals surface area (Å²) in [7, 11) is 1.59. The topological polar surface area (TPSA) is 68.3 Å². The fraction of sp³-hybridized carbons (Fsp3) is 0.200. The molecule has 5 nitrogen and oxygen atoms in total. The van der Waals surface area contributed by atoms with Crippen molar-refractivity contribution in [3.05, 3.63) is 29.7 Å². The molecule has 0 aliphatic rings. The highest BCUT2D eigenvalue weighted by atomic mass is 16.4. The minimum absolute atomic E-state index is 0.138. The molecule has 2 heterocycles. The van der Waals surface area contributed by atoms with Crippen LogP contribution in [-0.4, -0.2) is 20.9 Å². The lowest BCUT2D eigenvalue weighted by molar-refractivity contribution is 0.0685. The molecule has 0 saturated heterocycles. The van der Waals surface area contributed by atoms with Crippen molar-refractivity contribution in [1.29, 1.82) is 0 Å². The second-order valence-electron chi connectivity index (χ2n) is 3.25. The maximum absolute atomic E-state index is 10.8. The van der Waals surface area contributed by atoms with Crippen LogP contribution in [0.15, 0.2) is 22.6 Å². The van der Waals surface area contributed by atoms with E-state index in [9.17, 15) is 4.79 Å². The van der Waals surface area contributed by atoms with E-state index in [1.54, 1.807) is 13.1 Å². The largest absolute Gasteiger partial charge is 0.477 e. The van der Waals surface area contributed by atoms with Crippen LogP contribution in [0, 0.1) is 6.92 Å². The number of aromatic nitrogens is 2. The number of nitrogens with zero attached hydrogens (tertiary/aromatic N) is 2. The van der Waals surface area contributed by atoms with E-state index in [1.165, 1.54) is 10.7 Å². The summed E-state index contributed by atoms with van der Waals surface area (Å²) in [6.07, 6.45) is 0. The fourth-order valence-electron chi connectivity index (χ4n) is 1.36. The number of carboxylic acid groups (broad SMARTS) is 1. The van der Waals surface area contributed by atoms with Gasteiger partial charge in [0, 0.05) is 13.1 Å². The van der Waals surface area contributed by atoms with Gasteiger partial charge in [-0.3, -0.25) is 4.68 Å². The first kappa shape index (κ1) is 9.51. The van der Waals surface area contributed by atoms with E-state index in [4.69, 9.17) is 9.52 Å². The zero-order valence-electron chi connectivity index (χ0n) is 8.39. The predicted octanol–water partition coefficient (Wildman–Crippen LogP) is 1.69. The first-order chi connectivity index (χ1) is 7.08. The Hall–Kier alpha value is -2.04. The van der Waals surface area contributed by atoms with Crippen LogP contribution in [0.2, 0.25) is 0 Å². The third-order valence-electron chi connectivity index (χ3n) is 2.09. The van der Waals surface area contributed by atoms with Gasteiger partial charge in [0.1, 0.15) is 17.1 Å². The molecule has 2 aromatic heterocycles. The van der Waals surface area contributed by atoms with Crippen LogP contribution < -0.4 is 0 Å². The Morgan fingerprint density at radius 3 is 2.73 bits per heavy atom. The number of carboxylic acids is 1. The van der Waals surface area contributed by atoms with Crippen LogP contribution in [0.1, 0.15) is 16.2 Å². The van der Waals surface area contributed by atoms with Crippen LogP contribution in [0.4, 0.5) is 0 Å². The number of carbonyl (C=O) groups is 1. The van der Waals surface area contributed by atoms with E-state index < -0.39 is 5.97 Å². The van der Waals surface area contributed by atoms with Crippen LogP contribution in [0.3, 0.4) is 0 Å². The smallest absolute Gasteiger partial charge is 0.354 e. The molecule has 0 unspecified atom stereocenters. The highest BCUT2D eigenvalue weighted by Crippen LogP contribution is 2.21. The summed E-state index contributed by atoms with van der Waals surface area (Å²) in [5, 5.41) is 12.9. The number of aryl methyl sites for hydroxylation is 2. The average Bonchev–Trinajstić information content (AvgIpc) is 2.71. The Morgan fingerprint density at radius 2 is 2.27 bits per heavy atom. The summed E-state index contributed by atoms with van der Waals surface area (Å²) in [6, 6.07) is 5.06. The standard InChI is InChI=1S/C10H10N2O3/c1-6-3-4-9(15-6)7-5-8(10(13)14)12(2)11-7/h3-5H,1-2H3,(H,13,14). The molecule has 0 atom stereocenters. The minimum atomic E-state index is -1.00. The average molecular weight is 206 g/mol. The third kappa shape index (κ3) is 1.63. The lowest BCUT2D eigenvalue weighted by atomic mass is 10.3. The molecule has 0 aliphatic heterocycles. The Balaban J connectivity index is 2.46. The first-order valence-corrected chi connectivity index (χ1v) is 4.42. The molecule has 0 spiro atoms. The van der Waals surface area contributed by atoms with Crippen molar-refractivity contribution < 1.29 is 14.3 Å². The highest BCUT2D eigenvalue weighted by molar-refractivity contribution is 5.86. The molecule has 0 radical (unpaired) electrons.